The Bertz CT molecular complexity index is 365. The van der Waals surface area contributed by atoms with Crippen molar-refractivity contribution in [1.82, 2.24) is 19.8 Å². The lowest BCUT2D eigenvalue weighted by Crippen LogP contribution is -2.44. The Hall–Kier alpha value is -1.24. The number of likely N-dealkylation sites (tertiary alicyclic amines) is 1. The van der Waals surface area contributed by atoms with Crippen LogP contribution in [0.5, 0.6) is 0 Å². The van der Waals surface area contributed by atoms with Gasteiger partial charge in [0, 0.05) is 19.1 Å². The first-order valence-corrected chi connectivity index (χ1v) is 6.35. The van der Waals surface area contributed by atoms with Crippen LogP contribution >= 0.6 is 0 Å². The van der Waals surface area contributed by atoms with E-state index in [-0.39, 0.29) is 0 Å². The molecule has 0 spiro atoms. The van der Waals surface area contributed by atoms with Gasteiger partial charge in [-0.05, 0) is 33.5 Å². The maximum atomic E-state index is 5.26. The number of hydrogen-bond acceptors (Lipinski definition) is 6. The van der Waals surface area contributed by atoms with Gasteiger partial charge in [0.2, 0.25) is 0 Å². The molecule has 1 aliphatic heterocycles. The molecule has 100 valence electrons. The van der Waals surface area contributed by atoms with E-state index in [2.05, 4.69) is 39.3 Å². The van der Waals surface area contributed by atoms with Crippen molar-refractivity contribution in [2.75, 3.05) is 32.6 Å². The first-order valence-electron chi connectivity index (χ1n) is 6.35. The Labute approximate surface area is 108 Å². The molecule has 1 saturated heterocycles. The number of piperidine rings is 1. The third kappa shape index (κ3) is 3.38. The lowest BCUT2D eigenvalue weighted by Gasteiger charge is -2.35. The standard InChI is InChI=1S/C12H22N6/c1-17-5-3-4-11(9-17)18(2)8-10-6-15-12(16-13)7-14-10/h6-7,11H,3-5,8-9,13H2,1-2H3,(H,15,16). The van der Waals surface area contributed by atoms with Crippen molar-refractivity contribution < 1.29 is 0 Å². The van der Waals surface area contributed by atoms with Crippen LogP contribution in [0.15, 0.2) is 12.4 Å². The van der Waals surface area contributed by atoms with Gasteiger partial charge in [-0.3, -0.25) is 9.88 Å². The monoisotopic (exact) mass is 250 g/mol. The highest BCUT2D eigenvalue weighted by molar-refractivity contribution is 5.28. The zero-order valence-electron chi connectivity index (χ0n) is 11.1. The van der Waals surface area contributed by atoms with Crippen LogP contribution in [0.25, 0.3) is 0 Å². The molecule has 1 atom stereocenters. The second kappa shape index (κ2) is 6.08. The molecule has 1 aromatic heterocycles. The molecule has 2 rings (SSSR count). The first-order chi connectivity index (χ1) is 8.69. The molecule has 6 nitrogen and oxygen atoms in total. The number of hydrazine groups is 1. The number of nitrogens with two attached hydrogens (primary N) is 1. The summed E-state index contributed by atoms with van der Waals surface area (Å²) in [5.74, 6) is 5.86. The van der Waals surface area contributed by atoms with E-state index in [1.807, 2.05) is 0 Å². The summed E-state index contributed by atoms with van der Waals surface area (Å²) in [5, 5.41) is 0. The molecule has 0 amide bonds. The predicted octanol–water partition coefficient (Wildman–Crippen LogP) is 0.288. The molecule has 18 heavy (non-hydrogen) atoms. The summed E-state index contributed by atoms with van der Waals surface area (Å²) in [7, 11) is 4.34. The van der Waals surface area contributed by atoms with Crippen LogP contribution in [-0.4, -0.2) is 53.0 Å². The third-order valence-corrected chi connectivity index (χ3v) is 3.49. The van der Waals surface area contributed by atoms with Crippen LogP contribution in [0.2, 0.25) is 0 Å². The number of likely N-dealkylation sites (N-methyl/N-ethyl adjacent to an activating group) is 2. The Balaban J connectivity index is 1.91. The Morgan fingerprint density at radius 2 is 2.33 bits per heavy atom. The highest BCUT2D eigenvalue weighted by Crippen LogP contribution is 2.15. The van der Waals surface area contributed by atoms with E-state index >= 15 is 0 Å². The number of aromatic nitrogens is 2. The number of nitrogens with zero attached hydrogens (tertiary/aromatic N) is 4. The number of hydrogen-bond donors (Lipinski definition) is 2. The van der Waals surface area contributed by atoms with E-state index in [0.717, 1.165) is 18.8 Å². The molecular weight excluding hydrogens is 228 g/mol. The minimum Gasteiger partial charge on any atom is -0.307 e. The molecular formula is C12H22N6. The van der Waals surface area contributed by atoms with Gasteiger partial charge in [0.1, 0.15) is 0 Å². The summed E-state index contributed by atoms with van der Waals surface area (Å²) in [6, 6.07) is 0.609. The Morgan fingerprint density at radius 3 is 2.94 bits per heavy atom. The molecule has 0 aliphatic carbocycles. The van der Waals surface area contributed by atoms with Gasteiger partial charge >= 0.3 is 0 Å². The molecule has 1 aliphatic rings. The zero-order chi connectivity index (χ0) is 13.0. The van der Waals surface area contributed by atoms with Crippen molar-refractivity contribution in [2.24, 2.45) is 5.84 Å². The van der Waals surface area contributed by atoms with Crippen molar-refractivity contribution in [3.8, 4) is 0 Å². The highest BCUT2D eigenvalue weighted by Gasteiger charge is 2.21. The van der Waals surface area contributed by atoms with Gasteiger partial charge in [0.15, 0.2) is 5.82 Å². The van der Waals surface area contributed by atoms with Gasteiger partial charge in [-0.25, -0.2) is 10.8 Å². The van der Waals surface area contributed by atoms with Crippen molar-refractivity contribution >= 4 is 5.82 Å². The summed E-state index contributed by atoms with van der Waals surface area (Å²) in [6.45, 7) is 3.17. The number of rotatable bonds is 4. The van der Waals surface area contributed by atoms with Gasteiger partial charge in [-0.15, -0.1) is 0 Å². The second-order valence-electron chi connectivity index (χ2n) is 5.01. The molecule has 0 radical (unpaired) electrons. The zero-order valence-corrected chi connectivity index (χ0v) is 11.1. The molecule has 0 saturated carbocycles. The summed E-state index contributed by atoms with van der Waals surface area (Å²) in [6.07, 6.45) is 5.97. The lowest BCUT2D eigenvalue weighted by molar-refractivity contribution is 0.128. The van der Waals surface area contributed by atoms with E-state index in [1.165, 1.54) is 19.4 Å². The van der Waals surface area contributed by atoms with Gasteiger partial charge in [0.05, 0.1) is 18.1 Å². The quantitative estimate of drug-likeness (QED) is 0.591. The largest absolute Gasteiger partial charge is 0.307 e. The Morgan fingerprint density at radius 1 is 1.50 bits per heavy atom. The van der Waals surface area contributed by atoms with Crippen LogP contribution < -0.4 is 11.3 Å². The first kappa shape index (κ1) is 13.2. The number of anilines is 1. The Kier molecular flexibility index (Phi) is 4.46. The van der Waals surface area contributed by atoms with E-state index in [0.29, 0.717) is 11.9 Å². The number of nitrogens with one attached hydrogen (secondary N) is 1. The molecule has 0 bridgehead atoms. The molecule has 3 N–H and O–H groups in total. The maximum absolute atomic E-state index is 5.26. The summed E-state index contributed by atoms with van der Waals surface area (Å²) in [4.78, 5) is 13.3. The smallest absolute Gasteiger partial charge is 0.158 e. The maximum Gasteiger partial charge on any atom is 0.158 e. The van der Waals surface area contributed by atoms with E-state index < -0.39 is 0 Å². The molecule has 0 aromatic carbocycles. The molecule has 2 heterocycles. The second-order valence-corrected chi connectivity index (χ2v) is 5.01. The average molecular weight is 250 g/mol. The van der Waals surface area contributed by atoms with E-state index in [9.17, 15) is 0 Å². The minimum atomic E-state index is 0.596. The number of nitrogen functional groups attached to an aromatic ring is 1. The van der Waals surface area contributed by atoms with Gasteiger partial charge in [-0.1, -0.05) is 0 Å². The fourth-order valence-corrected chi connectivity index (χ4v) is 2.39. The highest BCUT2D eigenvalue weighted by atomic mass is 15.3. The summed E-state index contributed by atoms with van der Waals surface area (Å²) >= 11 is 0. The molecule has 6 heteroatoms. The van der Waals surface area contributed by atoms with Crippen LogP contribution in [-0.2, 0) is 6.54 Å². The van der Waals surface area contributed by atoms with Crippen molar-refractivity contribution in [1.29, 1.82) is 0 Å². The van der Waals surface area contributed by atoms with Gasteiger partial charge < -0.3 is 10.3 Å². The molecule has 1 fully saturated rings. The minimum absolute atomic E-state index is 0.596. The topological polar surface area (TPSA) is 70.3 Å². The van der Waals surface area contributed by atoms with E-state index in [1.54, 1.807) is 12.4 Å². The summed E-state index contributed by atoms with van der Waals surface area (Å²) < 4.78 is 0. The fourth-order valence-electron chi connectivity index (χ4n) is 2.39. The molecule has 1 aromatic rings. The van der Waals surface area contributed by atoms with Crippen molar-refractivity contribution in [2.45, 2.75) is 25.4 Å². The van der Waals surface area contributed by atoms with Crippen LogP contribution in [0.1, 0.15) is 18.5 Å². The summed E-state index contributed by atoms with van der Waals surface area (Å²) in [5.41, 5.74) is 3.46. The van der Waals surface area contributed by atoms with Crippen molar-refractivity contribution in [3.63, 3.8) is 0 Å². The fraction of sp³-hybridized carbons (Fsp3) is 0.667. The average Bonchev–Trinajstić information content (AvgIpc) is 2.39. The normalized spacial score (nSPS) is 21.2. The van der Waals surface area contributed by atoms with Gasteiger partial charge in [0.25, 0.3) is 0 Å². The van der Waals surface area contributed by atoms with Crippen LogP contribution in [0, 0.1) is 0 Å². The third-order valence-electron chi connectivity index (χ3n) is 3.49. The SMILES string of the molecule is CN1CCCC(N(C)Cc2cnc(NN)cn2)C1. The molecule has 1 unspecified atom stereocenters. The van der Waals surface area contributed by atoms with Crippen molar-refractivity contribution in [3.05, 3.63) is 18.1 Å². The van der Waals surface area contributed by atoms with Gasteiger partial charge in [-0.2, -0.15) is 0 Å². The predicted molar refractivity (Wildman–Crippen MR) is 71.8 cm³/mol. The van der Waals surface area contributed by atoms with E-state index in [4.69, 9.17) is 5.84 Å². The van der Waals surface area contributed by atoms with Crippen LogP contribution in [0.4, 0.5) is 5.82 Å². The lowest BCUT2D eigenvalue weighted by atomic mass is 10.1. The van der Waals surface area contributed by atoms with Crippen LogP contribution in [0.3, 0.4) is 0 Å².